The molecule has 10 heteroatoms. The van der Waals surface area contributed by atoms with Gasteiger partial charge in [0.2, 0.25) is 0 Å². The molecule has 0 radical (unpaired) electrons. The van der Waals surface area contributed by atoms with Crippen LogP contribution in [0.25, 0.3) is 5.69 Å². The maximum Gasteiger partial charge on any atom is 0.435 e. The topological polar surface area (TPSA) is 63.1 Å². The summed E-state index contributed by atoms with van der Waals surface area (Å²) in [5.41, 5.74) is -1.21. The van der Waals surface area contributed by atoms with Gasteiger partial charge in [-0.25, -0.2) is 9.07 Å². The largest absolute Gasteiger partial charge is 0.435 e. The van der Waals surface area contributed by atoms with Crippen molar-refractivity contribution in [2.24, 2.45) is 0 Å². The first kappa shape index (κ1) is 21.9. The number of likely N-dealkylation sites (tertiary alicyclic amines) is 1. The van der Waals surface area contributed by atoms with E-state index in [-0.39, 0.29) is 18.3 Å². The maximum absolute atomic E-state index is 13.8. The molecule has 1 aliphatic rings. The molecule has 0 aliphatic carbocycles. The molecule has 6 nitrogen and oxygen atoms in total. The fourth-order valence-corrected chi connectivity index (χ4v) is 3.91. The zero-order valence-electron chi connectivity index (χ0n) is 17.0. The highest BCUT2D eigenvalue weighted by Crippen LogP contribution is 2.33. The lowest BCUT2D eigenvalue weighted by atomic mass is 10.1. The highest BCUT2D eigenvalue weighted by atomic mass is 19.4. The first-order valence-corrected chi connectivity index (χ1v) is 10.2. The Morgan fingerprint density at radius 2 is 1.69 bits per heavy atom. The van der Waals surface area contributed by atoms with Crippen molar-refractivity contribution in [2.75, 3.05) is 19.6 Å². The first-order chi connectivity index (χ1) is 15.3. The molecule has 0 saturated carbocycles. The van der Waals surface area contributed by atoms with Gasteiger partial charge in [-0.15, -0.1) is 5.10 Å². The van der Waals surface area contributed by atoms with Crippen LogP contribution in [-0.2, 0) is 6.18 Å². The van der Waals surface area contributed by atoms with Crippen LogP contribution in [0.5, 0.6) is 0 Å². The number of alkyl halides is 3. The van der Waals surface area contributed by atoms with Crippen molar-refractivity contribution in [3.63, 3.8) is 0 Å². The van der Waals surface area contributed by atoms with Crippen molar-refractivity contribution in [2.45, 2.75) is 25.1 Å². The van der Waals surface area contributed by atoms with Gasteiger partial charge in [-0.1, -0.05) is 35.5 Å². The summed E-state index contributed by atoms with van der Waals surface area (Å²) in [6.07, 6.45) is -2.83. The number of benzene rings is 2. The molecule has 2 aromatic carbocycles. The number of carbonyl (C=O) groups excluding carboxylic acids is 1. The van der Waals surface area contributed by atoms with E-state index in [1.165, 1.54) is 0 Å². The number of amides is 1. The molecule has 4 rings (SSSR count). The fourth-order valence-electron chi connectivity index (χ4n) is 3.91. The van der Waals surface area contributed by atoms with Gasteiger partial charge in [0.1, 0.15) is 5.82 Å². The lowest BCUT2D eigenvalue weighted by Crippen LogP contribution is -2.37. The van der Waals surface area contributed by atoms with E-state index >= 15 is 0 Å². The van der Waals surface area contributed by atoms with Gasteiger partial charge in [0.15, 0.2) is 11.4 Å². The molecule has 1 aromatic heterocycles. The lowest BCUT2D eigenvalue weighted by Gasteiger charge is -2.28. The van der Waals surface area contributed by atoms with Gasteiger partial charge in [0.25, 0.3) is 5.91 Å². The third kappa shape index (κ3) is 4.64. The summed E-state index contributed by atoms with van der Waals surface area (Å²) < 4.78 is 55.1. The molecule has 1 amide bonds. The van der Waals surface area contributed by atoms with Gasteiger partial charge in [0, 0.05) is 6.54 Å². The predicted octanol–water partition coefficient (Wildman–Crippen LogP) is 3.99. The average molecular weight is 447 g/mol. The fraction of sp³-hybridized carbons (Fsp3) is 0.318. The van der Waals surface area contributed by atoms with Crippen molar-refractivity contribution in [3.05, 3.63) is 77.4 Å². The summed E-state index contributed by atoms with van der Waals surface area (Å²) in [6.45, 7) is 1.83. The minimum absolute atomic E-state index is 0.0514. The van der Waals surface area contributed by atoms with E-state index in [0.29, 0.717) is 4.68 Å². The van der Waals surface area contributed by atoms with E-state index in [1.54, 1.807) is 0 Å². The molecule has 3 aromatic rings. The highest BCUT2D eigenvalue weighted by molar-refractivity contribution is 5.93. The predicted molar refractivity (Wildman–Crippen MR) is 109 cm³/mol. The van der Waals surface area contributed by atoms with Gasteiger partial charge in [-0.2, -0.15) is 13.2 Å². The third-order valence-electron chi connectivity index (χ3n) is 5.45. The Morgan fingerprint density at radius 1 is 1.03 bits per heavy atom. The number of hydrogen-bond donors (Lipinski definition) is 1. The van der Waals surface area contributed by atoms with Crippen LogP contribution in [-0.4, -0.2) is 45.4 Å². The number of nitrogens with zero attached hydrogens (tertiary/aromatic N) is 4. The monoisotopic (exact) mass is 447 g/mol. The Hall–Kier alpha value is -3.27. The molecular weight excluding hydrogens is 426 g/mol. The standard InChI is InChI=1S/C22H21F4N5O/c23-16-8-10-17(11-9-16)31-20(22(24,25)26)19(28-29-31)21(32)27-14-18(30-12-4-5-13-30)15-6-2-1-3-7-15/h1-3,6-11,18H,4-5,12-14H2,(H,27,32). The Morgan fingerprint density at radius 3 is 2.31 bits per heavy atom. The van der Waals surface area contributed by atoms with Crippen molar-refractivity contribution < 1.29 is 22.4 Å². The molecular formula is C22H21F4N5O. The number of hydrogen-bond acceptors (Lipinski definition) is 4. The van der Waals surface area contributed by atoms with Crippen molar-refractivity contribution in [1.82, 2.24) is 25.2 Å². The third-order valence-corrected chi connectivity index (χ3v) is 5.45. The summed E-state index contributed by atoms with van der Waals surface area (Å²) in [5.74, 6) is -1.57. The first-order valence-electron chi connectivity index (χ1n) is 10.2. The van der Waals surface area contributed by atoms with Gasteiger partial charge >= 0.3 is 6.18 Å². The Labute approximate surface area is 181 Å². The second-order valence-electron chi connectivity index (χ2n) is 7.55. The normalized spacial score (nSPS) is 15.6. The summed E-state index contributed by atoms with van der Waals surface area (Å²) >= 11 is 0. The number of halogens is 4. The molecule has 1 saturated heterocycles. The maximum atomic E-state index is 13.8. The van der Waals surface area contributed by atoms with Crippen LogP contribution in [0.1, 0.15) is 40.6 Å². The second kappa shape index (κ2) is 9.07. The number of aromatic nitrogens is 3. The van der Waals surface area contributed by atoms with Crippen LogP contribution in [0.3, 0.4) is 0 Å². The minimum Gasteiger partial charge on any atom is -0.349 e. The average Bonchev–Trinajstić information content (AvgIpc) is 3.45. The smallest absolute Gasteiger partial charge is 0.349 e. The van der Waals surface area contributed by atoms with Gasteiger partial charge in [0.05, 0.1) is 11.7 Å². The second-order valence-corrected chi connectivity index (χ2v) is 7.55. The lowest BCUT2D eigenvalue weighted by molar-refractivity contribution is -0.143. The zero-order chi connectivity index (χ0) is 22.7. The quantitative estimate of drug-likeness (QED) is 0.581. The van der Waals surface area contributed by atoms with E-state index in [1.807, 2.05) is 30.3 Å². The van der Waals surface area contributed by atoms with Crippen LogP contribution in [0, 0.1) is 5.82 Å². The summed E-state index contributed by atoms with van der Waals surface area (Å²) in [6, 6.07) is 13.7. The van der Waals surface area contributed by atoms with Crippen molar-refractivity contribution in [1.29, 1.82) is 0 Å². The van der Waals surface area contributed by atoms with Crippen LogP contribution < -0.4 is 5.32 Å². The van der Waals surface area contributed by atoms with Crippen LogP contribution in [0.15, 0.2) is 54.6 Å². The Bertz CT molecular complexity index is 1060. The van der Waals surface area contributed by atoms with Gasteiger partial charge in [-0.05, 0) is 55.8 Å². The zero-order valence-corrected chi connectivity index (χ0v) is 17.0. The van der Waals surface area contributed by atoms with Gasteiger partial charge < -0.3 is 5.32 Å². The van der Waals surface area contributed by atoms with Gasteiger partial charge in [-0.3, -0.25) is 9.69 Å². The molecule has 0 bridgehead atoms. The number of nitrogens with one attached hydrogen (secondary N) is 1. The van der Waals surface area contributed by atoms with E-state index in [2.05, 4.69) is 20.5 Å². The Balaban J connectivity index is 1.59. The molecule has 1 aliphatic heterocycles. The molecule has 2 heterocycles. The highest BCUT2D eigenvalue weighted by Gasteiger charge is 2.42. The van der Waals surface area contributed by atoms with Crippen LogP contribution in [0.2, 0.25) is 0 Å². The van der Waals surface area contributed by atoms with E-state index < -0.39 is 29.3 Å². The number of rotatable bonds is 6. The molecule has 168 valence electrons. The van der Waals surface area contributed by atoms with E-state index in [4.69, 9.17) is 0 Å². The Kier molecular flexibility index (Phi) is 6.22. The number of carbonyl (C=O) groups is 1. The molecule has 1 fully saturated rings. The molecule has 0 spiro atoms. The minimum atomic E-state index is -4.89. The van der Waals surface area contributed by atoms with Crippen molar-refractivity contribution >= 4 is 5.91 Å². The molecule has 32 heavy (non-hydrogen) atoms. The van der Waals surface area contributed by atoms with Crippen LogP contribution in [0.4, 0.5) is 17.6 Å². The molecule has 1 atom stereocenters. The van der Waals surface area contributed by atoms with Crippen molar-refractivity contribution in [3.8, 4) is 5.69 Å². The molecule has 1 N–H and O–H groups in total. The van der Waals surface area contributed by atoms with Crippen LogP contribution >= 0.6 is 0 Å². The van der Waals surface area contributed by atoms with E-state index in [9.17, 15) is 22.4 Å². The summed E-state index contributed by atoms with van der Waals surface area (Å²) in [4.78, 5) is 15.0. The summed E-state index contributed by atoms with van der Waals surface area (Å²) in [5, 5.41) is 9.63. The van der Waals surface area contributed by atoms with E-state index in [0.717, 1.165) is 55.8 Å². The summed E-state index contributed by atoms with van der Waals surface area (Å²) in [7, 11) is 0. The molecule has 1 unspecified atom stereocenters. The SMILES string of the molecule is O=C(NCC(c1ccccc1)N1CCCC1)c1nnn(-c2ccc(F)cc2)c1C(F)(F)F.